The monoisotopic (exact) mass is 778 g/mol. The Balaban J connectivity index is 1.06. The molecule has 10 heteroatoms. The highest BCUT2D eigenvalue weighted by Crippen LogP contribution is 2.47. The van der Waals surface area contributed by atoms with Gasteiger partial charge in [0, 0.05) is 47.4 Å². The maximum atomic E-state index is 7.30. The van der Waals surface area contributed by atoms with Crippen LogP contribution in [0.2, 0.25) is 0 Å². The summed E-state index contributed by atoms with van der Waals surface area (Å²) in [6.07, 6.45) is 10.2. The van der Waals surface area contributed by atoms with E-state index in [2.05, 4.69) is 72.2 Å². The van der Waals surface area contributed by atoms with E-state index in [-0.39, 0.29) is 24.3 Å². The molecule has 0 radical (unpaired) electrons. The molecule has 6 saturated heterocycles. The predicted octanol–water partition coefficient (Wildman–Crippen LogP) is 9.22. The van der Waals surface area contributed by atoms with Crippen LogP contribution in [0.4, 0.5) is 0 Å². The van der Waals surface area contributed by atoms with Crippen molar-refractivity contribution < 1.29 is 18.9 Å². The molecule has 12 rings (SSSR count). The molecule has 3 aromatic carbocycles. The average molecular weight is 779 g/mol. The molecule has 300 valence electrons. The minimum Gasteiger partial charge on any atom is -0.497 e. The molecule has 3 aromatic heterocycles. The number of piperidine rings is 6. The highest BCUT2D eigenvalue weighted by molar-refractivity contribution is 5.91. The van der Waals surface area contributed by atoms with Gasteiger partial charge in [0.1, 0.15) is 23.7 Å². The van der Waals surface area contributed by atoms with Gasteiger partial charge in [-0.1, -0.05) is 38.8 Å². The van der Waals surface area contributed by atoms with Gasteiger partial charge >= 0.3 is 0 Å². The quantitative estimate of drug-likeness (QED) is 0.120. The van der Waals surface area contributed by atoms with Gasteiger partial charge in [-0.05, 0) is 123 Å². The number of aromatic nitrogens is 4. The van der Waals surface area contributed by atoms with Crippen molar-refractivity contribution >= 4 is 32.6 Å². The van der Waals surface area contributed by atoms with Crippen LogP contribution in [0.15, 0.2) is 85.2 Å². The minimum atomic E-state index is -0.300. The second-order valence-corrected chi connectivity index (χ2v) is 17.0. The van der Waals surface area contributed by atoms with Gasteiger partial charge in [0.15, 0.2) is 0 Å². The molecule has 9 heterocycles. The first-order valence-corrected chi connectivity index (χ1v) is 21.5. The molecule has 6 fully saturated rings. The van der Waals surface area contributed by atoms with Gasteiger partial charge in [-0.2, -0.15) is 0 Å². The maximum Gasteiger partial charge on any atom is 0.242 e. The first-order valence-electron chi connectivity index (χ1n) is 21.5. The molecule has 6 aliphatic rings. The maximum absolute atomic E-state index is 7.30. The number of benzene rings is 3. The smallest absolute Gasteiger partial charge is 0.242 e. The number of rotatable bonds is 12. The molecular formula is C48H54N6O4. The van der Waals surface area contributed by atoms with E-state index in [1.807, 2.05) is 36.7 Å². The molecule has 0 aliphatic carbocycles. The number of fused-ring (bicyclic) bond motifs is 9. The number of pyridine rings is 2. The lowest BCUT2D eigenvalue weighted by Crippen LogP contribution is -2.56. The Morgan fingerprint density at radius 1 is 0.603 bits per heavy atom. The summed E-state index contributed by atoms with van der Waals surface area (Å²) in [6.45, 7) is 9.00. The predicted molar refractivity (Wildman–Crippen MR) is 227 cm³/mol. The van der Waals surface area contributed by atoms with E-state index in [1.165, 1.54) is 25.7 Å². The van der Waals surface area contributed by atoms with Crippen molar-refractivity contribution in [2.24, 2.45) is 23.7 Å². The first-order chi connectivity index (χ1) is 28.5. The fraction of sp³-hybridized carbons (Fsp3) is 0.458. The molecule has 6 aliphatic heterocycles. The topological polar surface area (TPSA) is 95.0 Å². The third kappa shape index (κ3) is 6.58. The molecule has 10 nitrogen and oxygen atoms in total. The van der Waals surface area contributed by atoms with Gasteiger partial charge in [0.25, 0.3) is 0 Å². The second-order valence-electron chi connectivity index (χ2n) is 17.0. The van der Waals surface area contributed by atoms with E-state index in [0.717, 1.165) is 94.2 Å². The van der Waals surface area contributed by atoms with Crippen LogP contribution in [0.1, 0.15) is 75.7 Å². The van der Waals surface area contributed by atoms with Gasteiger partial charge in [-0.3, -0.25) is 19.8 Å². The van der Waals surface area contributed by atoms with Crippen LogP contribution in [-0.2, 0) is 0 Å². The highest BCUT2D eigenvalue weighted by Gasteiger charge is 2.46. The Hall–Kier alpha value is -5.06. The van der Waals surface area contributed by atoms with Crippen molar-refractivity contribution in [2.45, 2.75) is 76.7 Å². The lowest BCUT2D eigenvalue weighted by Gasteiger charge is -2.52. The van der Waals surface area contributed by atoms with Gasteiger partial charge in [-0.25, -0.2) is 0 Å². The molecule has 4 bridgehead atoms. The summed E-state index contributed by atoms with van der Waals surface area (Å²) in [5.41, 5.74) is 4.01. The zero-order valence-electron chi connectivity index (χ0n) is 34.1. The Bertz CT molecular complexity index is 2280. The van der Waals surface area contributed by atoms with Crippen LogP contribution in [-0.4, -0.2) is 82.4 Å². The van der Waals surface area contributed by atoms with Crippen molar-refractivity contribution in [2.75, 3.05) is 40.4 Å². The zero-order valence-corrected chi connectivity index (χ0v) is 34.1. The van der Waals surface area contributed by atoms with Crippen LogP contribution >= 0.6 is 0 Å². The fourth-order valence-electron chi connectivity index (χ4n) is 11.1. The number of methoxy groups -OCH3 is 2. The van der Waals surface area contributed by atoms with E-state index < -0.39 is 0 Å². The summed E-state index contributed by atoms with van der Waals surface area (Å²) in [5, 5.41) is 13.7. The van der Waals surface area contributed by atoms with Crippen LogP contribution in [0.3, 0.4) is 0 Å². The lowest BCUT2D eigenvalue weighted by atomic mass is 9.72. The van der Waals surface area contributed by atoms with Gasteiger partial charge in [0.2, 0.25) is 11.8 Å². The van der Waals surface area contributed by atoms with Gasteiger partial charge in [0.05, 0.1) is 48.1 Å². The third-order valence-corrected chi connectivity index (χ3v) is 14.3. The lowest BCUT2D eigenvalue weighted by molar-refractivity contribution is -0.0505. The van der Waals surface area contributed by atoms with Crippen molar-refractivity contribution in [1.82, 2.24) is 30.0 Å². The molecule has 0 amide bonds. The second kappa shape index (κ2) is 15.6. The molecule has 10 atom stereocenters. The third-order valence-electron chi connectivity index (χ3n) is 14.3. The Kier molecular flexibility index (Phi) is 10.0. The largest absolute Gasteiger partial charge is 0.497 e. The van der Waals surface area contributed by atoms with E-state index in [9.17, 15) is 0 Å². The molecule has 58 heavy (non-hydrogen) atoms. The number of hydrogen-bond donors (Lipinski definition) is 0. The first kappa shape index (κ1) is 37.2. The summed E-state index contributed by atoms with van der Waals surface area (Å²) >= 11 is 0. The van der Waals surface area contributed by atoms with E-state index in [1.54, 1.807) is 14.2 Å². The SMILES string of the molecule is CC[C@H]1CN2CC[C@@H]1C[C@H]2[C@@H](Oc1nnc(O[C@@H](c2ccnc3ccc(OC)cc23)[C@@H]2C[C@@H]3CCN2C[C@@H]3CC)c2ccccc12)c1ccnc2ccc(OC)cc12. The Morgan fingerprint density at radius 3 is 1.47 bits per heavy atom. The molecule has 2 unspecified atom stereocenters. The number of nitrogens with zero attached hydrogens (tertiary/aromatic N) is 6. The molecular weight excluding hydrogens is 725 g/mol. The number of ether oxygens (including phenoxy) is 4. The van der Waals surface area contributed by atoms with Crippen LogP contribution in [0, 0.1) is 23.7 Å². The fourth-order valence-corrected chi connectivity index (χ4v) is 11.1. The molecule has 0 N–H and O–H groups in total. The Morgan fingerprint density at radius 2 is 1.07 bits per heavy atom. The molecule has 6 aromatic rings. The van der Waals surface area contributed by atoms with E-state index >= 15 is 0 Å². The van der Waals surface area contributed by atoms with Gasteiger partial charge < -0.3 is 18.9 Å². The van der Waals surface area contributed by atoms with Crippen molar-refractivity contribution in [3.63, 3.8) is 0 Å². The van der Waals surface area contributed by atoms with E-state index in [0.29, 0.717) is 35.4 Å². The van der Waals surface area contributed by atoms with E-state index in [4.69, 9.17) is 39.1 Å². The average Bonchev–Trinajstić information content (AvgIpc) is 3.29. The summed E-state index contributed by atoms with van der Waals surface area (Å²) in [6, 6.07) is 25.1. The van der Waals surface area contributed by atoms with Crippen LogP contribution < -0.4 is 18.9 Å². The van der Waals surface area contributed by atoms with Gasteiger partial charge in [-0.15, -0.1) is 10.2 Å². The highest BCUT2D eigenvalue weighted by atomic mass is 16.5. The van der Waals surface area contributed by atoms with Crippen molar-refractivity contribution in [1.29, 1.82) is 0 Å². The number of hydrogen-bond acceptors (Lipinski definition) is 10. The normalized spacial score (nSPS) is 27.4. The summed E-state index contributed by atoms with van der Waals surface area (Å²) in [7, 11) is 3.42. The molecule has 0 saturated carbocycles. The van der Waals surface area contributed by atoms with Crippen molar-refractivity contribution in [3.8, 4) is 23.3 Å². The summed E-state index contributed by atoms with van der Waals surface area (Å²) < 4.78 is 26.0. The molecule has 0 spiro atoms. The van der Waals surface area contributed by atoms with Crippen LogP contribution in [0.5, 0.6) is 23.3 Å². The summed E-state index contributed by atoms with van der Waals surface area (Å²) in [5.74, 6) is 5.39. The van der Waals surface area contributed by atoms with Crippen molar-refractivity contribution in [3.05, 3.63) is 96.3 Å². The zero-order chi connectivity index (χ0) is 39.3. The summed E-state index contributed by atoms with van der Waals surface area (Å²) in [4.78, 5) is 14.8. The Labute approximate surface area is 340 Å². The minimum absolute atomic E-state index is 0.180. The van der Waals surface area contributed by atoms with Crippen LogP contribution in [0.25, 0.3) is 32.6 Å². The standard InChI is InChI=1S/C48H54N6O4/c1-5-29-27-53-21-17-31(29)23-43(53)45(35-15-19-49-41-13-11-33(55-3)25-39(35)41)57-47-37-9-7-8-10-38(37)48(52-51-47)58-46(44-24-32-18-22-54(44)28-30(32)6-2)36-16-20-50-42-14-12-34(56-4)26-40(36)42/h7-16,19-20,25-26,29-32,43-46H,5-6,17-18,21-24,27-28H2,1-4H3/t29-,30-,31-,32+,43-,44-,45-,46-/m0/s1.